The second-order valence-electron chi connectivity index (χ2n) is 4.72. The van der Waals surface area contributed by atoms with E-state index in [9.17, 15) is 26.4 Å². The number of benzene rings is 2. The number of rotatable bonds is 6. The van der Waals surface area contributed by atoms with Crippen LogP contribution in [0.3, 0.4) is 0 Å². The average Bonchev–Trinajstić information content (AvgIpc) is 2.53. The van der Waals surface area contributed by atoms with Gasteiger partial charge >= 0.3 is 21.6 Å². The molecule has 134 valence electrons. The summed E-state index contributed by atoms with van der Waals surface area (Å²) in [7, 11) is -5.98. The van der Waals surface area contributed by atoms with Gasteiger partial charge in [-0.15, -0.1) is 0 Å². The molecule has 0 spiro atoms. The van der Waals surface area contributed by atoms with Gasteiger partial charge in [-0.05, 0) is 23.8 Å². The summed E-state index contributed by atoms with van der Waals surface area (Å²) in [6, 6.07) is 11.6. The van der Waals surface area contributed by atoms with E-state index in [0.717, 1.165) is 23.8 Å². The van der Waals surface area contributed by atoms with Crippen LogP contribution in [0.1, 0.15) is 15.9 Å². The topological polar surface area (TPSA) is 89.9 Å². The second kappa shape index (κ2) is 7.01. The number of aromatic carboxylic acids is 1. The van der Waals surface area contributed by atoms with E-state index in [-0.39, 0.29) is 12.4 Å². The van der Waals surface area contributed by atoms with E-state index in [1.807, 2.05) is 0 Å². The Labute approximate surface area is 140 Å². The monoisotopic (exact) mass is 376 g/mol. The van der Waals surface area contributed by atoms with Gasteiger partial charge in [-0.2, -0.15) is 21.6 Å². The first-order valence-electron chi connectivity index (χ1n) is 6.65. The van der Waals surface area contributed by atoms with E-state index in [0.29, 0.717) is 0 Å². The maximum absolute atomic E-state index is 12.4. The molecule has 0 saturated heterocycles. The van der Waals surface area contributed by atoms with Gasteiger partial charge in [-0.25, -0.2) is 4.79 Å². The highest BCUT2D eigenvalue weighted by Gasteiger charge is 2.49. The zero-order chi connectivity index (χ0) is 18.7. The molecule has 0 atom stereocenters. The van der Waals surface area contributed by atoms with Crippen LogP contribution in [0.2, 0.25) is 0 Å². The molecule has 0 aromatic heterocycles. The Morgan fingerprint density at radius 2 is 1.72 bits per heavy atom. The van der Waals surface area contributed by atoms with Gasteiger partial charge in [0, 0.05) is 0 Å². The molecule has 0 amide bonds. The quantitative estimate of drug-likeness (QED) is 0.615. The van der Waals surface area contributed by atoms with Gasteiger partial charge in [0.2, 0.25) is 0 Å². The lowest BCUT2D eigenvalue weighted by Gasteiger charge is -2.13. The number of carboxylic acid groups (broad SMARTS) is 1. The summed E-state index contributed by atoms with van der Waals surface area (Å²) in [5.41, 5.74) is -5.68. The van der Waals surface area contributed by atoms with Crippen LogP contribution in [0.25, 0.3) is 0 Å². The molecule has 0 fully saturated rings. The van der Waals surface area contributed by atoms with Gasteiger partial charge in [0.05, 0.1) is 0 Å². The van der Waals surface area contributed by atoms with Crippen LogP contribution in [0.4, 0.5) is 13.2 Å². The van der Waals surface area contributed by atoms with Gasteiger partial charge in [-0.3, -0.25) is 0 Å². The van der Waals surface area contributed by atoms with E-state index in [1.54, 1.807) is 30.3 Å². The fourth-order valence-corrected chi connectivity index (χ4v) is 2.22. The van der Waals surface area contributed by atoms with Crippen LogP contribution in [0.15, 0.2) is 48.5 Å². The van der Waals surface area contributed by atoms with Crippen molar-refractivity contribution in [2.75, 3.05) is 0 Å². The molecule has 0 unspecified atom stereocenters. The molecule has 0 heterocycles. The maximum Gasteiger partial charge on any atom is 0.534 e. The van der Waals surface area contributed by atoms with Crippen molar-refractivity contribution >= 4 is 16.1 Å². The Morgan fingerprint density at radius 3 is 2.28 bits per heavy atom. The summed E-state index contributed by atoms with van der Waals surface area (Å²) < 4.78 is 68.3. The number of ether oxygens (including phenoxy) is 1. The number of carboxylic acids is 1. The maximum atomic E-state index is 12.4. The fraction of sp³-hybridized carbons (Fsp3) is 0.133. The first-order chi connectivity index (χ1) is 11.6. The molecular weight excluding hydrogens is 365 g/mol. The molecular formula is C15H11F3O6S. The molecule has 6 nitrogen and oxygen atoms in total. The van der Waals surface area contributed by atoms with Gasteiger partial charge < -0.3 is 14.0 Å². The van der Waals surface area contributed by atoms with E-state index >= 15 is 0 Å². The molecule has 2 aromatic carbocycles. The Hall–Kier alpha value is -2.75. The minimum absolute atomic E-state index is 0.0259. The zero-order valence-corrected chi connectivity index (χ0v) is 13.2. The summed E-state index contributed by atoms with van der Waals surface area (Å²) in [6.07, 6.45) is 0. The van der Waals surface area contributed by atoms with Crippen LogP contribution < -0.4 is 8.92 Å². The van der Waals surface area contributed by atoms with E-state index in [1.165, 1.54) is 0 Å². The summed E-state index contributed by atoms with van der Waals surface area (Å²) in [4.78, 5) is 11.2. The van der Waals surface area contributed by atoms with Crippen molar-refractivity contribution in [2.24, 2.45) is 0 Å². The van der Waals surface area contributed by atoms with Crippen molar-refractivity contribution in [2.45, 2.75) is 12.1 Å². The predicted octanol–water partition coefficient (Wildman–Crippen LogP) is 3.19. The van der Waals surface area contributed by atoms with Crippen molar-refractivity contribution in [1.82, 2.24) is 0 Å². The standard InChI is InChI=1S/C15H11F3O6S/c16-15(17,18)25(21,22)24-13-7-6-11(8-12(13)14(19)20)23-9-10-4-2-1-3-5-10/h1-8H,9H2,(H,19,20). The van der Waals surface area contributed by atoms with E-state index in [4.69, 9.17) is 9.84 Å². The van der Waals surface area contributed by atoms with Gasteiger partial charge in [-0.1, -0.05) is 30.3 Å². The normalized spacial score (nSPS) is 11.8. The first kappa shape index (κ1) is 18.6. The van der Waals surface area contributed by atoms with Crippen molar-refractivity contribution in [3.8, 4) is 11.5 Å². The molecule has 0 aliphatic rings. The smallest absolute Gasteiger partial charge is 0.489 e. The molecule has 0 aliphatic carbocycles. The summed E-state index contributed by atoms with van der Waals surface area (Å²) in [6.45, 7) is 0.0843. The van der Waals surface area contributed by atoms with Gasteiger partial charge in [0.25, 0.3) is 0 Å². The highest BCUT2D eigenvalue weighted by atomic mass is 32.2. The Bertz CT molecular complexity index is 863. The second-order valence-corrected chi connectivity index (χ2v) is 6.26. The Morgan fingerprint density at radius 1 is 1.08 bits per heavy atom. The summed E-state index contributed by atoms with van der Waals surface area (Å²) in [5, 5.41) is 9.06. The zero-order valence-electron chi connectivity index (χ0n) is 12.4. The fourth-order valence-electron chi connectivity index (χ4n) is 1.75. The molecule has 0 aliphatic heterocycles. The Kier molecular flexibility index (Phi) is 5.21. The van der Waals surface area contributed by atoms with Crippen molar-refractivity contribution in [3.05, 3.63) is 59.7 Å². The van der Waals surface area contributed by atoms with E-state index in [2.05, 4.69) is 4.18 Å². The van der Waals surface area contributed by atoms with Crippen LogP contribution in [0, 0.1) is 0 Å². The van der Waals surface area contributed by atoms with Gasteiger partial charge in [0.15, 0.2) is 5.75 Å². The van der Waals surface area contributed by atoms with Gasteiger partial charge in [0.1, 0.15) is 17.9 Å². The minimum Gasteiger partial charge on any atom is -0.489 e. The highest BCUT2D eigenvalue weighted by molar-refractivity contribution is 7.88. The van der Waals surface area contributed by atoms with Crippen LogP contribution in [0.5, 0.6) is 11.5 Å². The molecule has 25 heavy (non-hydrogen) atoms. The van der Waals surface area contributed by atoms with Crippen LogP contribution in [-0.4, -0.2) is 25.0 Å². The lowest BCUT2D eigenvalue weighted by molar-refractivity contribution is -0.0500. The number of alkyl halides is 3. The van der Waals surface area contributed by atoms with E-state index < -0.39 is 32.9 Å². The number of hydrogen-bond donors (Lipinski definition) is 1. The molecule has 1 N–H and O–H groups in total. The predicted molar refractivity (Wildman–Crippen MR) is 79.8 cm³/mol. The molecule has 2 aromatic rings. The molecule has 0 radical (unpaired) electrons. The third-order valence-corrected chi connectivity index (χ3v) is 3.88. The SMILES string of the molecule is O=C(O)c1cc(OCc2ccccc2)ccc1OS(=O)(=O)C(F)(F)F. The molecule has 10 heteroatoms. The number of carbonyl (C=O) groups is 1. The van der Waals surface area contributed by atoms with Crippen LogP contribution >= 0.6 is 0 Å². The lowest BCUT2D eigenvalue weighted by atomic mass is 10.2. The molecule has 2 rings (SSSR count). The third kappa shape index (κ3) is 4.63. The first-order valence-corrected chi connectivity index (χ1v) is 8.06. The summed E-state index contributed by atoms with van der Waals surface area (Å²) in [5.74, 6) is -2.60. The largest absolute Gasteiger partial charge is 0.534 e. The van der Waals surface area contributed by atoms with Crippen LogP contribution in [-0.2, 0) is 16.7 Å². The van der Waals surface area contributed by atoms with Crippen molar-refractivity contribution in [3.63, 3.8) is 0 Å². The Balaban J connectivity index is 2.24. The highest BCUT2D eigenvalue weighted by Crippen LogP contribution is 2.31. The number of halogens is 3. The van der Waals surface area contributed by atoms with Crippen molar-refractivity contribution < 1.29 is 40.4 Å². The average molecular weight is 376 g/mol. The summed E-state index contributed by atoms with van der Waals surface area (Å²) >= 11 is 0. The van der Waals surface area contributed by atoms with Crippen molar-refractivity contribution in [1.29, 1.82) is 0 Å². The number of hydrogen-bond acceptors (Lipinski definition) is 5. The molecule has 0 bridgehead atoms. The molecule has 0 saturated carbocycles. The lowest BCUT2D eigenvalue weighted by Crippen LogP contribution is -2.28. The third-order valence-electron chi connectivity index (χ3n) is 2.91. The minimum atomic E-state index is -5.98.